The van der Waals surface area contributed by atoms with Crippen LogP contribution in [0, 0.1) is 0 Å². The second-order valence-corrected chi connectivity index (χ2v) is 9.73. The van der Waals surface area contributed by atoms with Crippen LogP contribution in [-0.2, 0) is 12.4 Å². The topological polar surface area (TPSA) is 0 Å². The van der Waals surface area contributed by atoms with E-state index in [9.17, 15) is 26.3 Å². The molecule has 143 valence electrons. The highest BCUT2D eigenvalue weighted by Crippen LogP contribution is 2.44. The third-order valence-electron chi connectivity index (χ3n) is 4.75. The van der Waals surface area contributed by atoms with Crippen LogP contribution in [0.15, 0.2) is 42.0 Å². The molecule has 1 atom stereocenters. The largest absolute Gasteiger partial charge is 0.416 e. The number of hydrogen-bond acceptors (Lipinski definition) is 0. The minimum atomic E-state index is -4.86. The first kappa shape index (κ1) is 19.7. The second kappa shape index (κ2) is 6.55. The van der Waals surface area contributed by atoms with Crippen LogP contribution in [0.25, 0.3) is 17.2 Å². The fourth-order valence-corrected chi connectivity index (χ4v) is 5.55. The van der Waals surface area contributed by atoms with Crippen LogP contribution >= 0.6 is 0 Å². The van der Waals surface area contributed by atoms with E-state index in [4.69, 9.17) is 0 Å². The molecule has 1 aliphatic rings. The zero-order valence-electron chi connectivity index (χ0n) is 14.9. The number of rotatable bonds is 2. The predicted octanol–water partition coefficient (Wildman–Crippen LogP) is 7.19. The quantitative estimate of drug-likeness (QED) is 0.370. The minimum absolute atomic E-state index is 0.0697. The van der Waals surface area contributed by atoms with Gasteiger partial charge in [-0.15, -0.1) is 0 Å². The second-order valence-electron chi connectivity index (χ2n) is 7.00. The smallest absolute Gasteiger partial charge is 0.166 e. The Hall–Kier alpha value is -2.02. The van der Waals surface area contributed by atoms with Gasteiger partial charge in [-0.05, 0) is 52.9 Å². The van der Waals surface area contributed by atoms with Gasteiger partial charge in [0.2, 0.25) is 0 Å². The van der Waals surface area contributed by atoms with Gasteiger partial charge in [-0.25, -0.2) is 0 Å². The lowest BCUT2D eigenvalue weighted by Crippen LogP contribution is -2.15. The summed E-state index contributed by atoms with van der Waals surface area (Å²) in [5, 5.41) is 0. The maximum atomic E-state index is 13.2. The van der Waals surface area contributed by atoms with Gasteiger partial charge >= 0.3 is 12.4 Å². The highest BCUT2D eigenvalue weighted by molar-refractivity contribution is 6.58. The molecule has 0 saturated heterocycles. The molecule has 0 aromatic heterocycles. The molecule has 0 bridgehead atoms. The Kier molecular flexibility index (Phi) is 4.78. The Balaban J connectivity index is 2.25. The Morgan fingerprint density at radius 1 is 0.852 bits per heavy atom. The van der Waals surface area contributed by atoms with Crippen LogP contribution in [0.1, 0.15) is 34.7 Å². The number of alkyl halides is 6. The fraction of sp³-hybridized carbons (Fsp3) is 0.300. The molecule has 0 saturated carbocycles. The van der Waals surface area contributed by atoms with Crippen LogP contribution < -0.4 is 0 Å². The van der Waals surface area contributed by atoms with Crippen molar-refractivity contribution in [3.05, 3.63) is 64.2 Å². The Bertz CT molecular complexity index is 873. The van der Waals surface area contributed by atoms with E-state index in [1.165, 1.54) is 0 Å². The summed E-state index contributed by atoms with van der Waals surface area (Å²) in [4.78, 5) is 0. The molecule has 0 nitrogen and oxygen atoms in total. The molecule has 0 fully saturated rings. The van der Waals surface area contributed by atoms with Crippen molar-refractivity contribution in [2.75, 3.05) is 0 Å². The van der Waals surface area contributed by atoms with Crippen LogP contribution in [0.4, 0.5) is 26.3 Å². The maximum absolute atomic E-state index is 13.2. The molecule has 1 aliphatic carbocycles. The van der Waals surface area contributed by atoms with Crippen LogP contribution in [0.2, 0.25) is 13.1 Å². The van der Waals surface area contributed by atoms with Crippen molar-refractivity contribution in [3.63, 3.8) is 0 Å². The van der Waals surface area contributed by atoms with Crippen molar-refractivity contribution < 1.29 is 26.3 Å². The zero-order valence-corrected chi connectivity index (χ0v) is 15.9. The van der Waals surface area contributed by atoms with Gasteiger partial charge in [-0.3, -0.25) is 0 Å². The van der Waals surface area contributed by atoms with Crippen molar-refractivity contribution in [3.8, 4) is 11.1 Å². The number of halogens is 6. The summed E-state index contributed by atoms with van der Waals surface area (Å²) in [6, 6.07) is 6.95. The Morgan fingerprint density at radius 3 is 1.89 bits per heavy atom. The van der Waals surface area contributed by atoms with Gasteiger partial charge in [0.15, 0.2) is 0 Å². The lowest BCUT2D eigenvalue weighted by molar-refractivity contribution is -0.143. The third-order valence-corrected chi connectivity index (χ3v) is 6.68. The van der Waals surface area contributed by atoms with Crippen LogP contribution in [0.5, 0.6) is 0 Å². The summed E-state index contributed by atoms with van der Waals surface area (Å²) in [5.41, 5.74) is 0.742. The highest BCUT2D eigenvalue weighted by Gasteiger charge is 2.37. The number of fused-ring (bicyclic) bond motifs is 1. The molecule has 2 aromatic rings. The normalized spacial score (nSPS) is 17.3. The third kappa shape index (κ3) is 3.70. The molecular weight excluding hydrogens is 382 g/mol. The van der Waals surface area contributed by atoms with Crippen molar-refractivity contribution in [2.45, 2.75) is 37.9 Å². The summed E-state index contributed by atoms with van der Waals surface area (Å²) in [6.45, 7) is 6.24. The molecule has 0 N–H and O–H groups in total. The average molecular weight is 399 g/mol. The summed E-state index contributed by atoms with van der Waals surface area (Å²) in [6.07, 6.45) is -7.82. The van der Waals surface area contributed by atoms with Gasteiger partial charge in [0, 0.05) is 0 Å². The lowest BCUT2D eigenvalue weighted by atomic mass is 9.94. The molecular formula is C20H17F6Si. The molecule has 1 unspecified atom stereocenters. The molecule has 2 aromatic carbocycles. The minimum Gasteiger partial charge on any atom is -0.166 e. The monoisotopic (exact) mass is 399 g/mol. The fourth-order valence-electron chi connectivity index (χ4n) is 3.68. The lowest BCUT2D eigenvalue weighted by Gasteiger charge is -2.19. The van der Waals surface area contributed by atoms with Crippen LogP contribution in [0.3, 0.4) is 0 Å². The first-order valence-electron chi connectivity index (χ1n) is 8.30. The van der Waals surface area contributed by atoms with E-state index >= 15 is 0 Å². The van der Waals surface area contributed by atoms with E-state index in [1.807, 2.05) is 19.1 Å². The Labute approximate surface area is 155 Å². The molecule has 0 aliphatic heterocycles. The summed E-state index contributed by atoms with van der Waals surface area (Å²) in [7, 11) is -0.761. The van der Waals surface area contributed by atoms with Gasteiger partial charge < -0.3 is 0 Å². The average Bonchev–Trinajstić information content (AvgIpc) is 2.88. The van der Waals surface area contributed by atoms with Crippen molar-refractivity contribution >= 4 is 14.9 Å². The van der Waals surface area contributed by atoms with Gasteiger partial charge in [0.1, 0.15) is 0 Å². The zero-order chi connectivity index (χ0) is 20.1. The van der Waals surface area contributed by atoms with E-state index in [2.05, 4.69) is 13.1 Å². The molecule has 0 heterocycles. The van der Waals surface area contributed by atoms with E-state index in [-0.39, 0.29) is 17.2 Å². The summed E-state index contributed by atoms with van der Waals surface area (Å²) < 4.78 is 79.1. The molecule has 0 spiro atoms. The van der Waals surface area contributed by atoms with Gasteiger partial charge in [-0.1, -0.05) is 42.9 Å². The van der Waals surface area contributed by atoms with Crippen molar-refractivity contribution in [1.82, 2.24) is 0 Å². The number of benzene rings is 2. The highest BCUT2D eigenvalue weighted by atomic mass is 28.3. The summed E-state index contributed by atoms with van der Waals surface area (Å²) in [5.74, 6) is 0. The molecule has 27 heavy (non-hydrogen) atoms. The first-order chi connectivity index (χ1) is 12.4. The summed E-state index contributed by atoms with van der Waals surface area (Å²) >= 11 is 0. The Morgan fingerprint density at radius 2 is 1.41 bits per heavy atom. The maximum Gasteiger partial charge on any atom is 0.416 e. The first-order valence-corrected chi connectivity index (χ1v) is 10.9. The van der Waals surface area contributed by atoms with Crippen LogP contribution in [-0.4, -0.2) is 8.80 Å². The standard InChI is InChI=1S/C20H17F6Si/c1-11-7-17-15(5-4-6-16(17)18(11)27(2)3)12-8-13(19(21,22)23)10-14(9-12)20(24,25)26/h4-10,18H,1-3H3. The predicted molar refractivity (Wildman–Crippen MR) is 95.8 cm³/mol. The van der Waals surface area contributed by atoms with E-state index in [0.717, 1.165) is 28.8 Å². The molecule has 0 amide bonds. The number of hydrogen-bond donors (Lipinski definition) is 0. The van der Waals surface area contributed by atoms with Crippen molar-refractivity contribution in [2.24, 2.45) is 0 Å². The van der Waals surface area contributed by atoms with Gasteiger partial charge in [0.05, 0.1) is 19.9 Å². The van der Waals surface area contributed by atoms with Crippen molar-refractivity contribution in [1.29, 1.82) is 0 Å². The number of allylic oxidation sites excluding steroid dienone is 1. The SMILES string of the molecule is CC1=Cc2c(-c3cc(C(F)(F)F)cc(C(F)(F)F)c3)cccc2C1[Si](C)C. The molecule has 7 heteroatoms. The van der Waals surface area contributed by atoms with Gasteiger partial charge in [-0.2, -0.15) is 26.3 Å². The van der Waals surface area contributed by atoms with E-state index in [1.54, 1.807) is 12.1 Å². The van der Waals surface area contributed by atoms with E-state index in [0.29, 0.717) is 5.56 Å². The van der Waals surface area contributed by atoms with Gasteiger partial charge in [0.25, 0.3) is 0 Å². The molecule has 3 rings (SSSR count). The van der Waals surface area contributed by atoms with E-state index < -0.39 is 32.3 Å². The molecule has 1 radical (unpaired) electrons.